The van der Waals surface area contributed by atoms with Gasteiger partial charge in [0, 0.05) is 41.0 Å². The molecule has 0 fully saturated rings. The molecular formula is C30H24F2N4O4S. The number of anilines is 2. The number of rotatable bonds is 9. The van der Waals surface area contributed by atoms with E-state index in [0.29, 0.717) is 34.5 Å². The molecule has 2 aromatic carbocycles. The van der Waals surface area contributed by atoms with Gasteiger partial charge in [-0.25, -0.2) is 8.78 Å². The first-order valence-electron chi connectivity index (χ1n) is 12.7. The van der Waals surface area contributed by atoms with Crippen molar-refractivity contribution in [1.82, 2.24) is 9.88 Å². The van der Waals surface area contributed by atoms with Gasteiger partial charge in [0.05, 0.1) is 12.1 Å². The standard InChI is InChI=1S/C30H24F2N4O4S/c31-24-9-7-18(14-25(24)32)17-36-12-2-5-21(30(36)40)28(38)33-11-1-6-27(37)34-19-8-10-26-22(15-19)23(29(39)35-26)16-20-4-3-13-41-20/h2-5,7-10,12-16H,1,6,11,17H2,(H,33,38)(H,34,37)(H,35,39)/b23-16+. The molecule has 3 amide bonds. The number of amides is 3. The number of thiophene rings is 1. The molecule has 1 aliphatic rings. The van der Waals surface area contributed by atoms with Gasteiger partial charge in [-0.3, -0.25) is 19.2 Å². The van der Waals surface area contributed by atoms with Crippen LogP contribution in [0.2, 0.25) is 0 Å². The number of fused-ring (bicyclic) bond motifs is 1. The highest BCUT2D eigenvalue weighted by molar-refractivity contribution is 7.11. The monoisotopic (exact) mass is 574 g/mol. The van der Waals surface area contributed by atoms with Gasteiger partial charge in [0.2, 0.25) is 5.91 Å². The minimum Gasteiger partial charge on any atom is -0.352 e. The molecule has 8 nitrogen and oxygen atoms in total. The molecule has 0 radical (unpaired) electrons. The van der Waals surface area contributed by atoms with Crippen molar-refractivity contribution in [3.8, 4) is 0 Å². The first-order valence-corrected chi connectivity index (χ1v) is 13.6. The molecule has 208 valence electrons. The number of hydrogen-bond donors (Lipinski definition) is 3. The number of halogens is 2. The average molecular weight is 575 g/mol. The van der Waals surface area contributed by atoms with Gasteiger partial charge in [0.1, 0.15) is 5.56 Å². The van der Waals surface area contributed by atoms with Gasteiger partial charge >= 0.3 is 0 Å². The van der Waals surface area contributed by atoms with E-state index in [1.807, 2.05) is 23.6 Å². The maximum absolute atomic E-state index is 13.5. The highest BCUT2D eigenvalue weighted by Gasteiger charge is 2.24. The topological polar surface area (TPSA) is 109 Å². The summed E-state index contributed by atoms with van der Waals surface area (Å²) in [6.45, 7) is 0.121. The minimum absolute atomic E-state index is 0.0322. The van der Waals surface area contributed by atoms with Crippen LogP contribution < -0.4 is 21.5 Å². The van der Waals surface area contributed by atoms with Crippen LogP contribution in [0, 0.1) is 11.6 Å². The lowest BCUT2D eigenvalue weighted by Gasteiger charge is -2.10. The Morgan fingerprint density at radius 1 is 1.00 bits per heavy atom. The third-order valence-electron chi connectivity index (χ3n) is 6.38. The number of carbonyl (C=O) groups is 3. The van der Waals surface area contributed by atoms with Gasteiger partial charge < -0.3 is 20.5 Å². The van der Waals surface area contributed by atoms with E-state index in [-0.39, 0.29) is 36.9 Å². The van der Waals surface area contributed by atoms with Crippen LogP contribution in [-0.2, 0) is 16.1 Å². The second-order valence-electron chi connectivity index (χ2n) is 9.30. The van der Waals surface area contributed by atoms with Crippen molar-refractivity contribution in [2.45, 2.75) is 19.4 Å². The van der Waals surface area contributed by atoms with Crippen LogP contribution in [0.3, 0.4) is 0 Å². The number of hydrogen-bond acceptors (Lipinski definition) is 5. The van der Waals surface area contributed by atoms with Gasteiger partial charge in [-0.05, 0) is 72.0 Å². The second-order valence-corrected chi connectivity index (χ2v) is 10.3. The van der Waals surface area contributed by atoms with Gasteiger partial charge in [-0.2, -0.15) is 0 Å². The molecule has 0 aliphatic carbocycles. The van der Waals surface area contributed by atoms with E-state index in [0.717, 1.165) is 17.0 Å². The fourth-order valence-electron chi connectivity index (χ4n) is 4.36. The van der Waals surface area contributed by atoms with Crippen LogP contribution in [-0.4, -0.2) is 28.8 Å². The van der Waals surface area contributed by atoms with Crippen LogP contribution in [0.15, 0.2) is 77.0 Å². The SMILES string of the molecule is O=C(CCCNC(=O)c1cccn(Cc2ccc(F)c(F)c2)c1=O)Nc1ccc2c(c1)/C(=C\c1cccs1)C(=O)N2. The highest BCUT2D eigenvalue weighted by Crippen LogP contribution is 2.35. The molecule has 0 saturated heterocycles. The number of nitrogens with zero attached hydrogens (tertiary/aromatic N) is 1. The van der Waals surface area contributed by atoms with Crippen molar-refractivity contribution < 1.29 is 23.2 Å². The van der Waals surface area contributed by atoms with Crippen LogP contribution in [0.25, 0.3) is 11.6 Å². The molecule has 0 spiro atoms. The second kappa shape index (κ2) is 12.1. The highest BCUT2D eigenvalue weighted by atomic mass is 32.1. The lowest BCUT2D eigenvalue weighted by molar-refractivity contribution is -0.116. The van der Waals surface area contributed by atoms with Crippen LogP contribution in [0.4, 0.5) is 20.2 Å². The molecule has 41 heavy (non-hydrogen) atoms. The summed E-state index contributed by atoms with van der Waals surface area (Å²) in [5, 5.41) is 10.2. The van der Waals surface area contributed by atoms with E-state index in [4.69, 9.17) is 0 Å². The third-order valence-corrected chi connectivity index (χ3v) is 7.20. The van der Waals surface area contributed by atoms with Crippen LogP contribution in [0.5, 0.6) is 0 Å². The molecule has 0 atom stereocenters. The van der Waals surface area contributed by atoms with Gasteiger partial charge in [-0.1, -0.05) is 12.1 Å². The van der Waals surface area contributed by atoms with Gasteiger partial charge in [-0.15, -0.1) is 11.3 Å². The number of carbonyl (C=O) groups excluding carboxylic acids is 3. The van der Waals surface area contributed by atoms with E-state index < -0.39 is 23.1 Å². The molecule has 3 heterocycles. The van der Waals surface area contributed by atoms with Crippen molar-refractivity contribution in [3.63, 3.8) is 0 Å². The molecule has 0 bridgehead atoms. The molecule has 11 heteroatoms. The summed E-state index contributed by atoms with van der Waals surface area (Å²) >= 11 is 1.52. The summed E-state index contributed by atoms with van der Waals surface area (Å²) in [4.78, 5) is 51.3. The summed E-state index contributed by atoms with van der Waals surface area (Å²) in [6, 6.07) is 15.2. The number of pyridine rings is 1. The molecule has 1 aliphatic heterocycles. The van der Waals surface area contributed by atoms with E-state index >= 15 is 0 Å². The summed E-state index contributed by atoms with van der Waals surface area (Å²) in [5.74, 6) is -3.08. The predicted molar refractivity (Wildman–Crippen MR) is 154 cm³/mol. The normalized spacial score (nSPS) is 13.1. The fraction of sp³-hybridized carbons (Fsp3) is 0.133. The molecule has 4 aromatic rings. The molecule has 0 unspecified atom stereocenters. The first kappa shape index (κ1) is 27.7. The van der Waals surface area contributed by atoms with E-state index in [9.17, 15) is 28.0 Å². The Hall–Kier alpha value is -4.90. The summed E-state index contributed by atoms with van der Waals surface area (Å²) in [6.07, 6.45) is 3.70. The maximum Gasteiger partial charge on any atom is 0.263 e. The van der Waals surface area contributed by atoms with Crippen molar-refractivity contribution in [2.24, 2.45) is 0 Å². The largest absolute Gasteiger partial charge is 0.352 e. The van der Waals surface area contributed by atoms with Gasteiger partial charge in [0.15, 0.2) is 11.6 Å². The van der Waals surface area contributed by atoms with E-state index in [1.54, 1.807) is 18.2 Å². The zero-order valence-electron chi connectivity index (χ0n) is 21.6. The Bertz CT molecular complexity index is 1730. The Balaban J connectivity index is 1.14. The fourth-order valence-corrected chi connectivity index (χ4v) is 5.02. The van der Waals surface area contributed by atoms with Crippen molar-refractivity contribution in [1.29, 1.82) is 0 Å². The lowest BCUT2D eigenvalue weighted by Crippen LogP contribution is -2.33. The third kappa shape index (κ3) is 6.47. The zero-order chi connectivity index (χ0) is 28.9. The lowest BCUT2D eigenvalue weighted by atomic mass is 10.1. The number of nitrogens with one attached hydrogen (secondary N) is 3. The Labute approximate surface area is 237 Å². The van der Waals surface area contributed by atoms with Crippen LogP contribution >= 0.6 is 11.3 Å². The Morgan fingerprint density at radius 3 is 2.63 bits per heavy atom. The van der Waals surface area contributed by atoms with Gasteiger partial charge in [0.25, 0.3) is 17.4 Å². The molecule has 2 aromatic heterocycles. The molecular weight excluding hydrogens is 550 g/mol. The van der Waals surface area contributed by atoms with E-state index in [1.165, 1.54) is 40.3 Å². The number of aromatic nitrogens is 1. The first-order chi connectivity index (χ1) is 19.8. The van der Waals surface area contributed by atoms with Crippen molar-refractivity contribution in [3.05, 3.63) is 116 Å². The zero-order valence-corrected chi connectivity index (χ0v) is 22.4. The average Bonchev–Trinajstić information content (AvgIpc) is 3.57. The minimum atomic E-state index is -1.02. The summed E-state index contributed by atoms with van der Waals surface area (Å²) < 4.78 is 27.9. The quantitative estimate of drug-likeness (QED) is 0.196. The Kier molecular flexibility index (Phi) is 8.16. The summed E-state index contributed by atoms with van der Waals surface area (Å²) in [5.41, 5.74) is 2.12. The predicted octanol–water partition coefficient (Wildman–Crippen LogP) is 4.88. The van der Waals surface area contributed by atoms with Crippen molar-refractivity contribution >= 4 is 52.1 Å². The van der Waals surface area contributed by atoms with Crippen LogP contribution in [0.1, 0.15) is 39.2 Å². The van der Waals surface area contributed by atoms with Crippen molar-refractivity contribution in [2.75, 3.05) is 17.2 Å². The summed E-state index contributed by atoms with van der Waals surface area (Å²) in [7, 11) is 0. The molecule has 3 N–H and O–H groups in total. The molecule has 5 rings (SSSR count). The smallest absolute Gasteiger partial charge is 0.263 e. The van der Waals surface area contributed by atoms with E-state index in [2.05, 4.69) is 16.0 Å². The number of benzene rings is 2. The molecule has 0 saturated carbocycles. The maximum atomic E-state index is 13.5. The Morgan fingerprint density at radius 2 is 1.85 bits per heavy atom.